The lowest BCUT2D eigenvalue weighted by Crippen LogP contribution is -2.46. The molecule has 4 fully saturated rings. The number of rotatable bonds is 9. The number of nitrogens with one attached hydrogen (secondary N) is 2. The molecule has 2 N–H and O–H groups in total. The molecule has 4 aliphatic rings. The van der Waals surface area contributed by atoms with Gasteiger partial charge in [-0.05, 0) is 111 Å². The van der Waals surface area contributed by atoms with Crippen LogP contribution in [-0.2, 0) is 17.8 Å². The lowest BCUT2D eigenvalue weighted by Gasteiger charge is -2.57. The van der Waals surface area contributed by atoms with E-state index >= 15 is 0 Å². The van der Waals surface area contributed by atoms with Crippen molar-refractivity contribution in [2.45, 2.75) is 64.9 Å². The Balaban J connectivity index is 1.10. The molecule has 1 amide bonds. The number of imidazole rings is 1. The summed E-state index contributed by atoms with van der Waals surface area (Å²) in [5.41, 5.74) is 5.68. The van der Waals surface area contributed by atoms with E-state index in [1.165, 1.54) is 38.5 Å². The fourth-order valence-electron chi connectivity index (χ4n) is 8.45. The number of nitrogens with zero attached hydrogens (tertiary/aromatic N) is 1. The lowest BCUT2D eigenvalue weighted by molar-refractivity contribution is -0.0570. The van der Waals surface area contributed by atoms with Gasteiger partial charge in [-0.25, -0.2) is 9.78 Å². The van der Waals surface area contributed by atoms with Gasteiger partial charge >= 0.3 is 5.97 Å². The standard InChI is InChI=1S/C37H39N3O3/c1-24-8-5-6-13-31(24)34-39-32(14-15-37-20-26-16-27(21-37)18-28(17-26)22-37)33(40-34)35(41)38-30-12-7-11-29(19-30)36(42)43-23-25-9-3-2-4-10-25/h2-13,19,26-28H,14-18,20-23H2,1H3,(H,38,41)(H,39,40). The lowest BCUT2D eigenvalue weighted by atomic mass is 9.48. The van der Waals surface area contributed by atoms with Crippen molar-refractivity contribution >= 4 is 17.6 Å². The third-order valence-corrected chi connectivity index (χ3v) is 10.0. The van der Waals surface area contributed by atoms with Crippen LogP contribution in [0.2, 0.25) is 0 Å². The van der Waals surface area contributed by atoms with Gasteiger partial charge in [0.05, 0.1) is 5.56 Å². The molecular weight excluding hydrogens is 534 g/mol. The van der Waals surface area contributed by atoms with Gasteiger partial charge in [-0.1, -0.05) is 60.7 Å². The van der Waals surface area contributed by atoms with Crippen LogP contribution in [0.4, 0.5) is 5.69 Å². The van der Waals surface area contributed by atoms with Crippen molar-refractivity contribution in [3.63, 3.8) is 0 Å². The average molecular weight is 574 g/mol. The number of esters is 1. The molecule has 8 rings (SSSR count). The van der Waals surface area contributed by atoms with Crippen molar-refractivity contribution in [3.8, 4) is 11.4 Å². The molecule has 0 spiro atoms. The van der Waals surface area contributed by atoms with Crippen LogP contribution in [0.15, 0.2) is 78.9 Å². The molecule has 3 aromatic carbocycles. The van der Waals surface area contributed by atoms with Crippen LogP contribution in [0, 0.1) is 30.1 Å². The summed E-state index contributed by atoms with van der Waals surface area (Å²) in [6, 6.07) is 24.6. The van der Waals surface area contributed by atoms with Gasteiger partial charge in [0.2, 0.25) is 0 Å². The van der Waals surface area contributed by atoms with E-state index in [2.05, 4.69) is 23.3 Å². The molecule has 0 radical (unpaired) electrons. The second-order valence-corrected chi connectivity index (χ2v) is 13.2. The van der Waals surface area contributed by atoms with Crippen molar-refractivity contribution in [1.29, 1.82) is 0 Å². The number of carbonyl (C=O) groups is 2. The summed E-state index contributed by atoms with van der Waals surface area (Å²) in [5, 5.41) is 3.01. The minimum absolute atomic E-state index is 0.193. The molecule has 6 nitrogen and oxygen atoms in total. The van der Waals surface area contributed by atoms with E-state index in [9.17, 15) is 9.59 Å². The number of hydrogen-bond acceptors (Lipinski definition) is 4. The number of anilines is 1. The van der Waals surface area contributed by atoms with Gasteiger partial charge in [0.25, 0.3) is 5.91 Å². The highest BCUT2D eigenvalue weighted by Crippen LogP contribution is 2.61. The Labute approximate surface area is 253 Å². The van der Waals surface area contributed by atoms with Crippen LogP contribution < -0.4 is 5.32 Å². The Morgan fingerprint density at radius 3 is 2.33 bits per heavy atom. The normalized spacial score (nSPS) is 23.7. The molecule has 4 aliphatic carbocycles. The maximum absolute atomic E-state index is 13.8. The average Bonchev–Trinajstić information content (AvgIpc) is 3.43. The minimum Gasteiger partial charge on any atom is -0.457 e. The summed E-state index contributed by atoms with van der Waals surface area (Å²) < 4.78 is 5.50. The first kappa shape index (κ1) is 27.6. The second-order valence-electron chi connectivity index (χ2n) is 13.2. The summed E-state index contributed by atoms with van der Waals surface area (Å²) in [5.74, 6) is 2.70. The molecule has 220 valence electrons. The van der Waals surface area contributed by atoms with Crippen molar-refractivity contribution in [1.82, 2.24) is 9.97 Å². The summed E-state index contributed by atoms with van der Waals surface area (Å²) in [6.45, 7) is 2.26. The van der Waals surface area contributed by atoms with E-state index in [1.54, 1.807) is 24.3 Å². The van der Waals surface area contributed by atoms with Gasteiger partial charge in [0.1, 0.15) is 18.1 Å². The van der Waals surface area contributed by atoms with E-state index in [4.69, 9.17) is 9.72 Å². The van der Waals surface area contributed by atoms with E-state index in [-0.39, 0.29) is 12.5 Å². The zero-order chi connectivity index (χ0) is 29.4. The second kappa shape index (κ2) is 11.5. The van der Waals surface area contributed by atoms with Gasteiger partial charge in [-0.2, -0.15) is 0 Å². The SMILES string of the molecule is Cc1ccccc1-c1nc(C(=O)Nc2cccc(C(=O)OCc3ccccc3)c2)c(CCC23CC4CC(CC(C4)C2)C3)[nH]1. The molecule has 43 heavy (non-hydrogen) atoms. The highest BCUT2D eigenvalue weighted by molar-refractivity contribution is 6.04. The van der Waals surface area contributed by atoms with Crippen molar-refractivity contribution in [3.05, 3.63) is 107 Å². The number of ether oxygens (including phenoxy) is 1. The fraction of sp³-hybridized carbons (Fsp3) is 0.378. The predicted octanol–water partition coefficient (Wildman–Crippen LogP) is 8.14. The Hall–Kier alpha value is -4.19. The van der Waals surface area contributed by atoms with Crippen molar-refractivity contribution < 1.29 is 14.3 Å². The van der Waals surface area contributed by atoms with Gasteiger partial charge < -0.3 is 15.0 Å². The number of amides is 1. The number of aromatic nitrogens is 2. The molecule has 0 aliphatic heterocycles. The van der Waals surface area contributed by atoms with Crippen LogP contribution in [0.25, 0.3) is 11.4 Å². The van der Waals surface area contributed by atoms with E-state index in [1.807, 2.05) is 48.5 Å². The van der Waals surface area contributed by atoms with Crippen molar-refractivity contribution in [2.75, 3.05) is 5.32 Å². The number of H-pyrrole nitrogens is 1. The topological polar surface area (TPSA) is 84.1 Å². The molecule has 0 unspecified atom stereocenters. The van der Waals surface area contributed by atoms with E-state index in [0.717, 1.165) is 58.8 Å². The first-order chi connectivity index (χ1) is 20.9. The van der Waals surface area contributed by atoms with Crippen LogP contribution in [0.5, 0.6) is 0 Å². The van der Waals surface area contributed by atoms with E-state index < -0.39 is 5.97 Å². The monoisotopic (exact) mass is 573 g/mol. The third-order valence-electron chi connectivity index (χ3n) is 10.0. The maximum Gasteiger partial charge on any atom is 0.338 e. The number of hydrogen-bond donors (Lipinski definition) is 2. The maximum atomic E-state index is 13.8. The van der Waals surface area contributed by atoms with Gasteiger partial charge in [0, 0.05) is 16.9 Å². The molecule has 1 heterocycles. The summed E-state index contributed by atoms with van der Waals surface area (Å²) in [6.07, 6.45) is 10.2. The first-order valence-electron chi connectivity index (χ1n) is 15.7. The Morgan fingerprint density at radius 1 is 0.907 bits per heavy atom. The molecule has 4 aromatic rings. The minimum atomic E-state index is -0.433. The zero-order valence-electron chi connectivity index (χ0n) is 24.8. The Kier molecular flexibility index (Phi) is 7.38. The van der Waals surface area contributed by atoms with Crippen LogP contribution in [0.3, 0.4) is 0 Å². The largest absolute Gasteiger partial charge is 0.457 e. The van der Waals surface area contributed by atoms with Gasteiger partial charge in [-0.15, -0.1) is 0 Å². The molecule has 6 heteroatoms. The molecular formula is C37H39N3O3. The van der Waals surface area contributed by atoms with Crippen LogP contribution in [0.1, 0.15) is 82.6 Å². The van der Waals surface area contributed by atoms with Gasteiger partial charge in [-0.3, -0.25) is 4.79 Å². The van der Waals surface area contributed by atoms with Gasteiger partial charge in [0.15, 0.2) is 0 Å². The fourth-order valence-corrected chi connectivity index (χ4v) is 8.45. The number of benzene rings is 3. The molecule has 0 saturated heterocycles. The van der Waals surface area contributed by atoms with Crippen molar-refractivity contribution in [2.24, 2.45) is 23.2 Å². The number of aryl methyl sites for hydroxylation is 2. The van der Waals surface area contributed by atoms with E-state index in [0.29, 0.717) is 22.4 Å². The van der Waals surface area contributed by atoms with Crippen LogP contribution in [-0.4, -0.2) is 21.8 Å². The highest BCUT2D eigenvalue weighted by Gasteiger charge is 2.50. The first-order valence-corrected chi connectivity index (χ1v) is 15.7. The Morgan fingerprint density at radius 2 is 1.60 bits per heavy atom. The summed E-state index contributed by atoms with van der Waals surface area (Å²) in [7, 11) is 0. The van der Waals surface area contributed by atoms with Crippen LogP contribution >= 0.6 is 0 Å². The predicted molar refractivity (Wildman–Crippen MR) is 168 cm³/mol. The molecule has 0 atom stereocenters. The zero-order valence-corrected chi connectivity index (χ0v) is 24.8. The number of carbonyl (C=O) groups excluding carboxylic acids is 2. The summed E-state index contributed by atoms with van der Waals surface area (Å²) in [4.78, 5) is 35.0. The molecule has 4 saturated carbocycles. The Bertz CT molecular complexity index is 1600. The highest BCUT2D eigenvalue weighted by atomic mass is 16.5. The quantitative estimate of drug-likeness (QED) is 0.198. The summed E-state index contributed by atoms with van der Waals surface area (Å²) >= 11 is 0. The molecule has 1 aromatic heterocycles. The smallest absolute Gasteiger partial charge is 0.338 e. The molecule has 4 bridgehead atoms. The number of aromatic amines is 1. The third kappa shape index (κ3) is 5.88.